The zero-order valence-corrected chi connectivity index (χ0v) is 13.1. The van der Waals surface area contributed by atoms with Gasteiger partial charge in [0.05, 0.1) is 17.4 Å². The topological polar surface area (TPSA) is 78.1 Å². The lowest BCUT2D eigenvalue weighted by atomic mass is 9.90. The molecule has 0 bridgehead atoms. The molecule has 0 aliphatic carbocycles. The van der Waals surface area contributed by atoms with Crippen molar-refractivity contribution in [2.75, 3.05) is 13.1 Å². The number of β-amino-alcohol motifs (C(OH)–C–C–N with tert-alkyl or cyclic N) is 1. The summed E-state index contributed by atoms with van der Waals surface area (Å²) in [5, 5.41) is 20.0. The Morgan fingerprint density at radius 2 is 2.18 bits per heavy atom. The third-order valence-corrected chi connectivity index (χ3v) is 4.44. The first-order valence-corrected chi connectivity index (χ1v) is 7.44. The van der Waals surface area contributed by atoms with Gasteiger partial charge in [0.15, 0.2) is 0 Å². The lowest BCUT2D eigenvalue weighted by Gasteiger charge is -2.39. The molecule has 1 aliphatic heterocycles. The third-order valence-electron chi connectivity index (χ3n) is 4.44. The summed E-state index contributed by atoms with van der Waals surface area (Å²) in [6.45, 7) is 5.94. The van der Waals surface area contributed by atoms with Crippen molar-refractivity contribution in [1.29, 1.82) is 0 Å². The van der Waals surface area contributed by atoms with Crippen molar-refractivity contribution < 1.29 is 15.0 Å². The van der Waals surface area contributed by atoms with Crippen molar-refractivity contribution in [1.82, 2.24) is 14.3 Å². The van der Waals surface area contributed by atoms with Crippen LogP contribution in [0.2, 0.25) is 0 Å². The Morgan fingerprint density at radius 3 is 2.86 bits per heavy atom. The van der Waals surface area contributed by atoms with Gasteiger partial charge < -0.3 is 15.1 Å². The van der Waals surface area contributed by atoms with Crippen molar-refractivity contribution in [3.63, 3.8) is 0 Å². The molecule has 118 valence electrons. The molecular formula is C16H21N3O3. The van der Waals surface area contributed by atoms with Crippen LogP contribution in [0.25, 0.3) is 5.65 Å². The smallest absolute Gasteiger partial charge is 0.272 e. The summed E-state index contributed by atoms with van der Waals surface area (Å²) < 4.78 is 1.78. The van der Waals surface area contributed by atoms with E-state index in [1.165, 1.54) is 0 Å². The van der Waals surface area contributed by atoms with Crippen molar-refractivity contribution in [2.24, 2.45) is 0 Å². The van der Waals surface area contributed by atoms with Crippen LogP contribution >= 0.6 is 0 Å². The van der Waals surface area contributed by atoms with E-state index in [1.54, 1.807) is 16.2 Å². The van der Waals surface area contributed by atoms with E-state index in [4.69, 9.17) is 0 Å². The molecule has 1 saturated heterocycles. The van der Waals surface area contributed by atoms with Gasteiger partial charge in [-0.3, -0.25) is 9.20 Å². The number of imidazole rings is 1. The number of amides is 1. The van der Waals surface area contributed by atoms with E-state index in [-0.39, 0.29) is 12.5 Å². The second-order valence-corrected chi connectivity index (χ2v) is 6.35. The van der Waals surface area contributed by atoms with Crippen LogP contribution in [0.15, 0.2) is 18.3 Å². The van der Waals surface area contributed by atoms with Crippen LogP contribution in [0.4, 0.5) is 0 Å². The molecule has 0 unspecified atom stereocenters. The number of likely N-dealkylation sites (tertiary alicyclic amines) is 1. The van der Waals surface area contributed by atoms with E-state index in [0.29, 0.717) is 24.4 Å². The van der Waals surface area contributed by atoms with E-state index in [9.17, 15) is 15.0 Å². The molecule has 6 nitrogen and oxygen atoms in total. The Morgan fingerprint density at radius 1 is 1.45 bits per heavy atom. The normalized spacial score (nSPS) is 25.7. The fourth-order valence-electron chi connectivity index (χ4n) is 2.88. The highest BCUT2D eigenvalue weighted by atomic mass is 16.3. The van der Waals surface area contributed by atoms with Gasteiger partial charge in [0, 0.05) is 19.3 Å². The van der Waals surface area contributed by atoms with Gasteiger partial charge in [-0.1, -0.05) is 0 Å². The highest BCUT2D eigenvalue weighted by molar-refractivity contribution is 5.94. The summed E-state index contributed by atoms with van der Waals surface area (Å²) in [4.78, 5) is 18.8. The number of aliphatic hydroxyl groups is 2. The minimum atomic E-state index is -1.14. The predicted octanol–water partition coefficient (Wildman–Crippen LogP) is 0.909. The Hall–Kier alpha value is -1.92. The summed E-state index contributed by atoms with van der Waals surface area (Å²) >= 11 is 0. The molecule has 22 heavy (non-hydrogen) atoms. The number of aryl methyl sites for hydroxylation is 2. The Bertz CT molecular complexity index is 736. The van der Waals surface area contributed by atoms with E-state index >= 15 is 0 Å². The maximum atomic E-state index is 12.8. The van der Waals surface area contributed by atoms with Gasteiger partial charge >= 0.3 is 0 Å². The molecule has 2 aromatic rings. The van der Waals surface area contributed by atoms with E-state index in [0.717, 1.165) is 11.2 Å². The summed E-state index contributed by atoms with van der Waals surface area (Å²) in [5.74, 6) is -0.164. The highest BCUT2D eigenvalue weighted by Gasteiger charge is 2.38. The molecule has 0 spiro atoms. The molecule has 3 heterocycles. The minimum absolute atomic E-state index is 0.129. The Kier molecular flexibility index (Phi) is 3.45. The molecule has 0 radical (unpaired) electrons. The molecule has 2 aromatic heterocycles. The second-order valence-electron chi connectivity index (χ2n) is 6.35. The molecule has 1 fully saturated rings. The molecule has 6 heteroatoms. The quantitative estimate of drug-likeness (QED) is 0.821. The molecule has 1 aliphatic rings. The molecular weight excluding hydrogens is 282 g/mol. The Labute approximate surface area is 129 Å². The maximum absolute atomic E-state index is 12.8. The minimum Gasteiger partial charge on any atom is -0.388 e. The highest BCUT2D eigenvalue weighted by Crippen LogP contribution is 2.24. The number of aliphatic hydroxyl groups excluding tert-OH is 1. The number of carbonyl (C=O) groups is 1. The number of rotatable bonds is 1. The molecule has 0 saturated carbocycles. The summed E-state index contributed by atoms with van der Waals surface area (Å²) in [5.41, 5.74) is 1.88. The molecule has 1 amide bonds. The number of nitrogens with zero attached hydrogens (tertiary/aromatic N) is 3. The van der Waals surface area contributed by atoms with Gasteiger partial charge in [-0.25, -0.2) is 4.98 Å². The summed E-state index contributed by atoms with van der Waals surface area (Å²) in [7, 11) is 0. The van der Waals surface area contributed by atoms with Crippen LogP contribution < -0.4 is 0 Å². The predicted molar refractivity (Wildman–Crippen MR) is 81.8 cm³/mol. The zero-order chi connectivity index (χ0) is 16.1. The first kappa shape index (κ1) is 15.0. The molecule has 2 atom stereocenters. The standard InChI is InChI=1S/C16H21N3O3/c1-10-4-6-19-13(8-10)17-11(2)14(19)15(21)18-7-5-16(3,22)12(20)9-18/h4,6,8,12,20,22H,5,7,9H2,1-3H3/t12-,16+/m1/s1. The van der Waals surface area contributed by atoms with Crippen molar-refractivity contribution in [3.05, 3.63) is 35.3 Å². The first-order valence-electron chi connectivity index (χ1n) is 7.44. The fraction of sp³-hybridized carbons (Fsp3) is 0.500. The van der Waals surface area contributed by atoms with Crippen LogP contribution in [-0.2, 0) is 0 Å². The van der Waals surface area contributed by atoms with Crippen LogP contribution in [0.3, 0.4) is 0 Å². The van der Waals surface area contributed by atoms with Gasteiger partial charge in [0.25, 0.3) is 5.91 Å². The largest absolute Gasteiger partial charge is 0.388 e. The number of hydrogen-bond acceptors (Lipinski definition) is 4. The van der Waals surface area contributed by atoms with Gasteiger partial charge in [-0.05, 0) is 44.9 Å². The summed E-state index contributed by atoms with van der Waals surface area (Å²) in [6, 6.07) is 3.86. The van der Waals surface area contributed by atoms with Crippen molar-refractivity contribution >= 4 is 11.6 Å². The number of carbonyl (C=O) groups excluding carboxylic acids is 1. The lowest BCUT2D eigenvalue weighted by molar-refractivity contribution is -0.1000. The van der Waals surface area contributed by atoms with Gasteiger partial charge in [0.1, 0.15) is 11.3 Å². The van der Waals surface area contributed by atoms with E-state index in [2.05, 4.69) is 4.98 Å². The second kappa shape index (κ2) is 5.07. The number of fused-ring (bicyclic) bond motifs is 1. The lowest BCUT2D eigenvalue weighted by Crippen LogP contribution is -2.55. The molecule has 0 aromatic carbocycles. The van der Waals surface area contributed by atoms with E-state index < -0.39 is 11.7 Å². The van der Waals surface area contributed by atoms with Crippen molar-refractivity contribution in [2.45, 2.75) is 38.9 Å². The van der Waals surface area contributed by atoms with Crippen LogP contribution in [0, 0.1) is 13.8 Å². The molecule has 2 N–H and O–H groups in total. The number of piperidine rings is 1. The number of hydrogen-bond donors (Lipinski definition) is 2. The monoisotopic (exact) mass is 303 g/mol. The zero-order valence-electron chi connectivity index (χ0n) is 13.1. The van der Waals surface area contributed by atoms with E-state index in [1.807, 2.05) is 32.2 Å². The molecule has 3 rings (SSSR count). The van der Waals surface area contributed by atoms with Gasteiger partial charge in [0.2, 0.25) is 0 Å². The number of pyridine rings is 1. The van der Waals surface area contributed by atoms with Crippen LogP contribution in [0.1, 0.15) is 35.1 Å². The van der Waals surface area contributed by atoms with Crippen LogP contribution in [-0.4, -0.2) is 55.2 Å². The maximum Gasteiger partial charge on any atom is 0.272 e. The third kappa shape index (κ3) is 2.38. The SMILES string of the molecule is Cc1ccn2c(C(=O)N3CC[C@](C)(O)[C@H](O)C3)c(C)nc2c1. The van der Waals surface area contributed by atoms with Crippen molar-refractivity contribution in [3.8, 4) is 0 Å². The number of aromatic nitrogens is 2. The van der Waals surface area contributed by atoms with Crippen LogP contribution in [0.5, 0.6) is 0 Å². The fourth-order valence-corrected chi connectivity index (χ4v) is 2.88. The first-order chi connectivity index (χ1) is 10.3. The average molecular weight is 303 g/mol. The van der Waals surface area contributed by atoms with Gasteiger partial charge in [-0.15, -0.1) is 0 Å². The summed E-state index contributed by atoms with van der Waals surface area (Å²) in [6.07, 6.45) is 1.26. The van der Waals surface area contributed by atoms with Gasteiger partial charge in [-0.2, -0.15) is 0 Å². The average Bonchev–Trinajstić information content (AvgIpc) is 2.76. The Balaban J connectivity index is 1.95.